The van der Waals surface area contributed by atoms with Crippen LogP contribution < -0.4 is 5.32 Å². The Hall–Kier alpha value is -1.32. The van der Waals surface area contributed by atoms with Crippen LogP contribution in [0.15, 0.2) is 30.3 Å². The van der Waals surface area contributed by atoms with Crippen molar-refractivity contribution in [3.05, 3.63) is 52.3 Å². The molecule has 0 fully saturated rings. The second-order valence-electron chi connectivity index (χ2n) is 5.36. The van der Waals surface area contributed by atoms with E-state index in [2.05, 4.69) is 41.1 Å². The van der Waals surface area contributed by atoms with Gasteiger partial charge in [0.1, 0.15) is 0 Å². The lowest BCUT2D eigenvalue weighted by Gasteiger charge is -2.19. The average Bonchev–Trinajstić information content (AvgIpc) is 2.83. The molecule has 1 N–H and O–H groups in total. The maximum Gasteiger partial charge on any atom is 0.0596 e. The highest BCUT2D eigenvalue weighted by Crippen LogP contribution is 2.22. The van der Waals surface area contributed by atoms with Gasteiger partial charge in [-0.2, -0.15) is 5.10 Å². The highest BCUT2D eigenvalue weighted by Gasteiger charge is 2.15. The lowest BCUT2D eigenvalue weighted by molar-refractivity contribution is 0.502. The van der Waals surface area contributed by atoms with Gasteiger partial charge in [-0.1, -0.05) is 30.7 Å². The number of hydrogen-bond acceptors (Lipinski definition) is 2. The summed E-state index contributed by atoms with van der Waals surface area (Å²) in [5, 5.41) is 8.95. The fourth-order valence-corrected chi connectivity index (χ4v) is 2.79. The molecule has 1 aromatic carbocycles. The topological polar surface area (TPSA) is 29.9 Å². The van der Waals surface area contributed by atoms with Crippen molar-refractivity contribution >= 4 is 11.6 Å². The number of hydrogen-bond donors (Lipinski definition) is 1. The summed E-state index contributed by atoms with van der Waals surface area (Å²) in [6, 6.07) is 10.6. The minimum absolute atomic E-state index is 0.269. The Kier molecular flexibility index (Phi) is 5.83. The van der Waals surface area contributed by atoms with Crippen molar-refractivity contribution in [2.75, 3.05) is 6.54 Å². The molecular weight excluding hydrogens is 282 g/mol. The Morgan fingerprint density at radius 3 is 2.76 bits per heavy atom. The third kappa shape index (κ3) is 4.32. The van der Waals surface area contributed by atoms with E-state index in [0.717, 1.165) is 36.6 Å². The maximum absolute atomic E-state index is 6.14. The molecule has 3 nitrogen and oxygen atoms in total. The van der Waals surface area contributed by atoms with Crippen molar-refractivity contribution in [3.8, 4) is 0 Å². The summed E-state index contributed by atoms with van der Waals surface area (Å²) in [5.41, 5.74) is 3.58. The van der Waals surface area contributed by atoms with E-state index in [1.807, 2.05) is 25.1 Å². The summed E-state index contributed by atoms with van der Waals surface area (Å²) in [6.07, 6.45) is 2.04. The summed E-state index contributed by atoms with van der Waals surface area (Å²) in [7, 11) is 0. The maximum atomic E-state index is 6.14. The quantitative estimate of drug-likeness (QED) is 0.833. The van der Waals surface area contributed by atoms with Gasteiger partial charge in [-0.25, -0.2) is 0 Å². The van der Waals surface area contributed by atoms with Gasteiger partial charge in [0.25, 0.3) is 0 Å². The summed E-state index contributed by atoms with van der Waals surface area (Å²) in [6.45, 7) is 8.26. The van der Waals surface area contributed by atoms with E-state index in [0.29, 0.717) is 0 Å². The van der Waals surface area contributed by atoms with E-state index >= 15 is 0 Å². The van der Waals surface area contributed by atoms with Crippen LogP contribution in [0.1, 0.15) is 43.3 Å². The van der Waals surface area contributed by atoms with E-state index in [9.17, 15) is 0 Å². The van der Waals surface area contributed by atoms with Crippen LogP contribution in [0.2, 0.25) is 5.02 Å². The Morgan fingerprint density at radius 2 is 2.10 bits per heavy atom. The summed E-state index contributed by atoms with van der Waals surface area (Å²) >= 11 is 6.14. The van der Waals surface area contributed by atoms with Gasteiger partial charge < -0.3 is 5.32 Å². The number of rotatable bonds is 7. The summed E-state index contributed by atoms with van der Waals surface area (Å²) in [5.74, 6) is 0. The fourth-order valence-electron chi connectivity index (χ4n) is 2.60. The van der Waals surface area contributed by atoms with Gasteiger partial charge >= 0.3 is 0 Å². The van der Waals surface area contributed by atoms with Crippen molar-refractivity contribution in [3.63, 3.8) is 0 Å². The lowest BCUT2D eigenvalue weighted by atomic mass is 10.0. The summed E-state index contributed by atoms with van der Waals surface area (Å²) < 4.78 is 2.08. The molecule has 0 bridgehead atoms. The number of nitrogens with one attached hydrogen (secondary N) is 1. The monoisotopic (exact) mass is 305 g/mol. The van der Waals surface area contributed by atoms with Crippen LogP contribution in [0, 0.1) is 6.92 Å². The average molecular weight is 306 g/mol. The number of nitrogens with zero attached hydrogens (tertiary/aromatic N) is 2. The molecule has 0 saturated carbocycles. The van der Waals surface area contributed by atoms with Crippen molar-refractivity contribution in [2.24, 2.45) is 0 Å². The van der Waals surface area contributed by atoms with Crippen LogP contribution in [-0.2, 0) is 13.0 Å². The highest BCUT2D eigenvalue weighted by molar-refractivity contribution is 6.30. The molecule has 1 atom stereocenters. The molecule has 0 amide bonds. The SMILES string of the molecule is CCCNC(Cc1cc(C)nn1CC)c1cccc(Cl)c1. The van der Waals surface area contributed by atoms with E-state index in [1.54, 1.807) is 0 Å². The molecule has 114 valence electrons. The molecule has 0 saturated heterocycles. The number of aryl methyl sites for hydroxylation is 2. The van der Waals surface area contributed by atoms with E-state index in [-0.39, 0.29) is 6.04 Å². The predicted molar refractivity (Wildman–Crippen MR) is 88.8 cm³/mol. The Bertz CT molecular complexity index is 577. The first-order valence-electron chi connectivity index (χ1n) is 7.66. The van der Waals surface area contributed by atoms with Gasteiger partial charge in [-0.05, 0) is 50.6 Å². The Morgan fingerprint density at radius 1 is 1.29 bits per heavy atom. The molecular formula is C17H24ClN3. The van der Waals surface area contributed by atoms with Crippen molar-refractivity contribution < 1.29 is 0 Å². The standard InChI is InChI=1S/C17H24ClN3/c1-4-9-19-17(14-7-6-8-15(18)11-14)12-16-10-13(3)20-21(16)5-2/h6-8,10-11,17,19H,4-5,9,12H2,1-3H3. The first kappa shape index (κ1) is 16.1. The second-order valence-corrected chi connectivity index (χ2v) is 5.80. The Balaban J connectivity index is 2.23. The number of halogens is 1. The molecule has 0 spiro atoms. The van der Waals surface area contributed by atoms with Crippen molar-refractivity contribution in [2.45, 2.75) is 46.2 Å². The first-order chi connectivity index (χ1) is 10.1. The van der Waals surface area contributed by atoms with E-state index in [4.69, 9.17) is 11.6 Å². The fraction of sp³-hybridized carbons (Fsp3) is 0.471. The molecule has 21 heavy (non-hydrogen) atoms. The van der Waals surface area contributed by atoms with Crippen LogP contribution in [0.3, 0.4) is 0 Å². The van der Waals surface area contributed by atoms with Crippen LogP contribution in [0.4, 0.5) is 0 Å². The van der Waals surface area contributed by atoms with Crippen molar-refractivity contribution in [1.82, 2.24) is 15.1 Å². The van der Waals surface area contributed by atoms with Crippen LogP contribution in [0.5, 0.6) is 0 Å². The van der Waals surface area contributed by atoms with Gasteiger partial charge in [0.05, 0.1) is 5.69 Å². The van der Waals surface area contributed by atoms with Crippen molar-refractivity contribution in [1.29, 1.82) is 0 Å². The van der Waals surface area contributed by atoms with Gasteiger partial charge in [0, 0.05) is 29.7 Å². The van der Waals surface area contributed by atoms with Gasteiger partial charge in [0.2, 0.25) is 0 Å². The van der Waals surface area contributed by atoms with Gasteiger partial charge in [-0.3, -0.25) is 4.68 Å². The third-order valence-corrected chi connectivity index (χ3v) is 3.83. The molecule has 2 aromatic rings. The Labute approximate surface area is 132 Å². The van der Waals surface area contributed by atoms with Crippen LogP contribution in [-0.4, -0.2) is 16.3 Å². The summed E-state index contributed by atoms with van der Waals surface area (Å²) in [4.78, 5) is 0. The van der Waals surface area contributed by atoms with Crippen LogP contribution >= 0.6 is 11.6 Å². The van der Waals surface area contributed by atoms with E-state index in [1.165, 1.54) is 11.3 Å². The molecule has 1 aromatic heterocycles. The molecule has 1 unspecified atom stereocenters. The largest absolute Gasteiger partial charge is 0.310 e. The van der Waals surface area contributed by atoms with E-state index < -0.39 is 0 Å². The molecule has 0 aliphatic carbocycles. The number of benzene rings is 1. The van der Waals surface area contributed by atoms with Gasteiger partial charge in [-0.15, -0.1) is 0 Å². The van der Waals surface area contributed by atoms with Crippen LogP contribution in [0.25, 0.3) is 0 Å². The lowest BCUT2D eigenvalue weighted by Crippen LogP contribution is -2.25. The zero-order valence-corrected chi connectivity index (χ0v) is 13.8. The highest BCUT2D eigenvalue weighted by atomic mass is 35.5. The predicted octanol–water partition coefficient (Wildman–Crippen LogP) is 4.15. The van der Waals surface area contributed by atoms with Gasteiger partial charge in [0.15, 0.2) is 0 Å². The minimum atomic E-state index is 0.269. The number of aromatic nitrogens is 2. The normalized spacial score (nSPS) is 12.6. The molecule has 1 heterocycles. The molecule has 0 radical (unpaired) electrons. The molecule has 0 aliphatic heterocycles. The zero-order valence-electron chi connectivity index (χ0n) is 13.1. The first-order valence-corrected chi connectivity index (χ1v) is 8.04. The minimum Gasteiger partial charge on any atom is -0.310 e. The molecule has 2 rings (SSSR count). The smallest absolute Gasteiger partial charge is 0.0596 e. The zero-order chi connectivity index (χ0) is 15.2. The molecule has 0 aliphatic rings. The second kappa shape index (κ2) is 7.62. The third-order valence-electron chi connectivity index (χ3n) is 3.59. The molecule has 4 heteroatoms.